The monoisotopic (exact) mass is 390 g/mol. The van der Waals surface area contributed by atoms with Crippen molar-refractivity contribution in [2.75, 3.05) is 5.32 Å². The van der Waals surface area contributed by atoms with E-state index in [2.05, 4.69) is 5.32 Å². The van der Waals surface area contributed by atoms with Crippen LogP contribution in [0.4, 0.5) is 18.9 Å². The highest BCUT2D eigenvalue weighted by Crippen LogP contribution is 2.30. The summed E-state index contributed by atoms with van der Waals surface area (Å²) in [6, 6.07) is 11.3. The molecule has 0 saturated carbocycles. The molecule has 0 aliphatic rings. The van der Waals surface area contributed by atoms with Gasteiger partial charge in [0.05, 0.1) is 11.1 Å². The molecule has 0 aliphatic heterocycles. The van der Waals surface area contributed by atoms with Crippen LogP contribution in [-0.4, -0.2) is 22.5 Å². The first-order valence-electron chi connectivity index (χ1n) is 8.40. The molecule has 3 rings (SSSR count). The third-order valence-electron chi connectivity index (χ3n) is 4.25. The van der Waals surface area contributed by atoms with Gasteiger partial charge in [-0.05, 0) is 37.3 Å². The lowest BCUT2D eigenvalue weighted by Crippen LogP contribution is -2.30. The van der Waals surface area contributed by atoms with Gasteiger partial charge in [0.15, 0.2) is 6.10 Å². The zero-order chi connectivity index (χ0) is 20.5. The van der Waals surface area contributed by atoms with Crippen LogP contribution in [0.15, 0.2) is 54.7 Å². The molecule has 8 heteroatoms. The molecule has 3 aromatic rings. The lowest BCUT2D eigenvalue weighted by atomic mass is 10.2. The van der Waals surface area contributed by atoms with Crippen molar-refractivity contribution in [3.05, 3.63) is 65.9 Å². The van der Waals surface area contributed by atoms with Crippen LogP contribution in [0.5, 0.6) is 0 Å². The Labute approximate surface area is 158 Å². The first-order valence-corrected chi connectivity index (χ1v) is 8.40. The van der Waals surface area contributed by atoms with E-state index in [0.29, 0.717) is 10.9 Å². The molecule has 0 aliphatic carbocycles. The number of hydrogen-bond donors (Lipinski definition) is 1. The Kier molecular flexibility index (Phi) is 5.13. The molecular formula is C20H17F3N2O3. The van der Waals surface area contributed by atoms with Gasteiger partial charge in [0.1, 0.15) is 0 Å². The normalized spacial score (nSPS) is 12.6. The van der Waals surface area contributed by atoms with Crippen LogP contribution < -0.4 is 5.32 Å². The fraction of sp³-hybridized carbons (Fsp3) is 0.200. The van der Waals surface area contributed by atoms with Crippen LogP contribution in [0.3, 0.4) is 0 Å². The van der Waals surface area contributed by atoms with Crippen LogP contribution in [0.1, 0.15) is 22.8 Å². The number of para-hydroxylation sites is 1. The fourth-order valence-electron chi connectivity index (χ4n) is 2.77. The molecule has 1 N–H and O–H groups in total. The standard InChI is InChI=1S/C20H17F3N2O3/c1-12(18(26)24-14-9-7-13(8-10-14)20(21,22)23)28-19(27)16-11-25(2)17-6-4-3-5-15(16)17/h3-12H,1-2H3,(H,24,26). The van der Waals surface area contributed by atoms with E-state index in [1.807, 2.05) is 12.1 Å². The van der Waals surface area contributed by atoms with E-state index in [4.69, 9.17) is 4.74 Å². The third kappa shape index (κ3) is 4.00. The second-order valence-corrected chi connectivity index (χ2v) is 6.28. The maximum atomic E-state index is 12.6. The van der Waals surface area contributed by atoms with Crippen molar-refractivity contribution in [1.82, 2.24) is 4.57 Å². The van der Waals surface area contributed by atoms with E-state index in [-0.39, 0.29) is 5.69 Å². The number of esters is 1. The smallest absolute Gasteiger partial charge is 0.416 e. The summed E-state index contributed by atoms with van der Waals surface area (Å²) in [5.74, 6) is -1.31. The number of ether oxygens (including phenoxy) is 1. The van der Waals surface area contributed by atoms with Gasteiger partial charge in [-0.3, -0.25) is 4.79 Å². The van der Waals surface area contributed by atoms with Crippen molar-refractivity contribution >= 4 is 28.5 Å². The van der Waals surface area contributed by atoms with Crippen LogP contribution in [0.25, 0.3) is 10.9 Å². The van der Waals surface area contributed by atoms with E-state index in [0.717, 1.165) is 29.8 Å². The predicted octanol–water partition coefficient (Wildman–Crippen LogP) is 4.38. The number of rotatable bonds is 4. The Bertz CT molecular complexity index is 1020. The molecule has 2 aromatic carbocycles. The van der Waals surface area contributed by atoms with Crippen LogP contribution >= 0.6 is 0 Å². The van der Waals surface area contributed by atoms with Crippen molar-refractivity contribution < 1.29 is 27.5 Å². The second-order valence-electron chi connectivity index (χ2n) is 6.28. The summed E-state index contributed by atoms with van der Waals surface area (Å²) in [5, 5.41) is 3.13. The number of carbonyl (C=O) groups is 2. The molecule has 1 atom stereocenters. The lowest BCUT2D eigenvalue weighted by molar-refractivity contribution is -0.137. The van der Waals surface area contributed by atoms with Gasteiger partial charge in [0, 0.05) is 29.8 Å². The number of carbonyl (C=O) groups excluding carboxylic acids is 2. The minimum Gasteiger partial charge on any atom is -0.449 e. The SMILES string of the molecule is CC(OC(=O)c1cn(C)c2ccccc12)C(=O)Nc1ccc(C(F)(F)F)cc1. The van der Waals surface area contributed by atoms with E-state index < -0.39 is 29.7 Å². The zero-order valence-corrected chi connectivity index (χ0v) is 15.1. The highest BCUT2D eigenvalue weighted by Gasteiger charge is 2.30. The number of benzene rings is 2. The largest absolute Gasteiger partial charge is 0.449 e. The Hall–Kier alpha value is -3.29. The average molecular weight is 390 g/mol. The van der Waals surface area contributed by atoms with Crippen LogP contribution in [0, 0.1) is 0 Å². The van der Waals surface area contributed by atoms with Gasteiger partial charge in [-0.25, -0.2) is 4.79 Å². The Morgan fingerprint density at radius 1 is 1.07 bits per heavy atom. The number of anilines is 1. The molecule has 1 amide bonds. The van der Waals surface area contributed by atoms with Crippen LogP contribution in [0.2, 0.25) is 0 Å². The van der Waals surface area contributed by atoms with Gasteiger partial charge in [0.25, 0.3) is 5.91 Å². The third-order valence-corrected chi connectivity index (χ3v) is 4.25. The molecule has 1 aromatic heterocycles. The topological polar surface area (TPSA) is 60.3 Å². The Morgan fingerprint density at radius 2 is 1.71 bits per heavy atom. The van der Waals surface area contributed by atoms with E-state index in [1.165, 1.54) is 6.92 Å². The summed E-state index contributed by atoms with van der Waals surface area (Å²) in [7, 11) is 1.79. The first-order chi connectivity index (χ1) is 13.2. The van der Waals surface area contributed by atoms with Gasteiger partial charge in [0.2, 0.25) is 0 Å². The minimum absolute atomic E-state index is 0.172. The lowest BCUT2D eigenvalue weighted by Gasteiger charge is -2.14. The molecule has 0 fully saturated rings. The van der Waals surface area contributed by atoms with Crippen molar-refractivity contribution in [2.24, 2.45) is 7.05 Å². The number of aromatic nitrogens is 1. The van der Waals surface area contributed by atoms with Gasteiger partial charge in [-0.15, -0.1) is 0 Å². The number of alkyl halides is 3. The van der Waals surface area contributed by atoms with Crippen molar-refractivity contribution in [3.8, 4) is 0 Å². The minimum atomic E-state index is -4.45. The molecule has 1 heterocycles. The number of hydrogen-bond acceptors (Lipinski definition) is 3. The number of fused-ring (bicyclic) bond motifs is 1. The summed E-state index contributed by atoms with van der Waals surface area (Å²) >= 11 is 0. The van der Waals surface area contributed by atoms with Gasteiger partial charge in [-0.2, -0.15) is 13.2 Å². The summed E-state index contributed by atoms with van der Waals surface area (Å²) < 4.78 is 44.7. The maximum Gasteiger partial charge on any atom is 0.416 e. The Morgan fingerprint density at radius 3 is 2.36 bits per heavy atom. The van der Waals surface area contributed by atoms with Gasteiger partial charge < -0.3 is 14.6 Å². The molecule has 146 valence electrons. The molecule has 0 saturated heterocycles. The van der Waals surface area contributed by atoms with Gasteiger partial charge in [-0.1, -0.05) is 18.2 Å². The molecule has 0 spiro atoms. The quantitative estimate of drug-likeness (QED) is 0.673. The number of nitrogens with one attached hydrogen (secondary N) is 1. The Balaban J connectivity index is 1.67. The predicted molar refractivity (Wildman–Crippen MR) is 97.9 cm³/mol. The number of aryl methyl sites for hydroxylation is 1. The second kappa shape index (κ2) is 7.38. The summed E-state index contributed by atoms with van der Waals surface area (Å²) in [6.07, 6.45) is -3.97. The first kappa shape index (κ1) is 19.5. The fourth-order valence-corrected chi connectivity index (χ4v) is 2.77. The summed E-state index contributed by atoms with van der Waals surface area (Å²) in [6.45, 7) is 1.39. The van der Waals surface area contributed by atoms with Crippen LogP contribution in [-0.2, 0) is 22.8 Å². The highest BCUT2D eigenvalue weighted by atomic mass is 19.4. The summed E-state index contributed by atoms with van der Waals surface area (Å²) in [4.78, 5) is 24.7. The zero-order valence-electron chi connectivity index (χ0n) is 15.1. The molecule has 0 radical (unpaired) electrons. The van der Waals surface area contributed by atoms with Crippen molar-refractivity contribution in [1.29, 1.82) is 0 Å². The molecular weight excluding hydrogens is 373 g/mol. The highest BCUT2D eigenvalue weighted by molar-refractivity contribution is 6.05. The number of amides is 1. The van der Waals surface area contributed by atoms with Crippen molar-refractivity contribution in [3.63, 3.8) is 0 Å². The number of halogens is 3. The average Bonchev–Trinajstić information content (AvgIpc) is 2.98. The number of nitrogens with zero attached hydrogens (tertiary/aromatic N) is 1. The molecule has 0 bridgehead atoms. The van der Waals surface area contributed by atoms with E-state index >= 15 is 0 Å². The maximum absolute atomic E-state index is 12.6. The molecule has 5 nitrogen and oxygen atoms in total. The van der Waals surface area contributed by atoms with Gasteiger partial charge >= 0.3 is 12.1 Å². The molecule has 28 heavy (non-hydrogen) atoms. The summed E-state index contributed by atoms with van der Waals surface area (Å²) in [5.41, 5.74) is 0.524. The molecule has 1 unspecified atom stereocenters. The van der Waals surface area contributed by atoms with E-state index in [9.17, 15) is 22.8 Å². The van der Waals surface area contributed by atoms with Crippen molar-refractivity contribution in [2.45, 2.75) is 19.2 Å². The van der Waals surface area contributed by atoms with E-state index in [1.54, 1.807) is 29.9 Å².